The Hall–Kier alpha value is -1.58. The quantitative estimate of drug-likeness (QED) is 0.639. The van der Waals surface area contributed by atoms with Gasteiger partial charge in [-0.25, -0.2) is 8.42 Å². The number of nitrogens with one attached hydrogen (secondary N) is 2. The molecule has 0 saturated heterocycles. The molecule has 0 unspecified atom stereocenters. The van der Waals surface area contributed by atoms with Gasteiger partial charge in [0.25, 0.3) is 6.33 Å². The summed E-state index contributed by atoms with van der Waals surface area (Å²) in [6.07, 6.45) is -3.95. The fourth-order valence-electron chi connectivity index (χ4n) is 0.704. The topological polar surface area (TPSA) is 100 Å². The van der Waals surface area contributed by atoms with Gasteiger partial charge in [0.05, 0.1) is 0 Å². The van der Waals surface area contributed by atoms with Crippen molar-refractivity contribution in [3.63, 3.8) is 0 Å². The number of aromatic amines is 2. The minimum Gasteiger partial charge on any atom is -0.743 e. The molecular weight excluding hydrogens is 365 g/mol. The smallest absolute Gasteiger partial charge is 0.460 e. The second kappa shape index (κ2) is 5.90. The molecule has 0 aliphatic rings. The van der Waals surface area contributed by atoms with E-state index in [9.17, 15) is 52.5 Å². The normalized spacial score (nSPS) is 14.3. The number of aromatic nitrogens is 3. The van der Waals surface area contributed by atoms with Crippen LogP contribution in [0.1, 0.15) is 0 Å². The van der Waals surface area contributed by atoms with E-state index in [1.54, 1.807) is 12.7 Å². The van der Waals surface area contributed by atoms with E-state index in [4.69, 9.17) is 0 Å². The molecule has 0 aliphatic carbocycles. The molecular formula is C6H4F9N3O3S. The molecule has 0 aromatic carbocycles. The Morgan fingerprint density at radius 1 is 0.955 bits per heavy atom. The van der Waals surface area contributed by atoms with Gasteiger partial charge in [0.2, 0.25) is 6.33 Å². The van der Waals surface area contributed by atoms with Gasteiger partial charge in [0.15, 0.2) is 10.1 Å². The van der Waals surface area contributed by atoms with E-state index in [2.05, 4.69) is 15.2 Å². The zero-order valence-electron chi connectivity index (χ0n) is 9.64. The monoisotopic (exact) mass is 369 g/mol. The van der Waals surface area contributed by atoms with Crippen LogP contribution >= 0.6 is 0 Å². The first kappa shape index (κ1) is 20.4. The molecule has 0 atom stereocenters. The molecule has 0 aliphatic heterocycles. The molecule has 0 amide bonds. The van der Waals surface area contributed by atoms with E-state index >= 15 is 0 Å². The maximum absolute atomic E-state index is 12.2. The van der Waals surface area contributed by atoms with Gasteiger partial charge in [-0.3, -0.25) is 4.98 Å². The Kier molecular flexibility index (Phi) is 5.48. The van der Waals surface area contributed by atoms with E-state index in [1.807, 2.05) is 0 Å². The van der Waals surface area contributed by atoms with Crippen LogP contribution in [0.4, 0.5) is 39.5 Å². The minimum absolute atomic E-state index is 1.57. The average Bonchev–Trinajstić information content (AvgIpc) is 2.83. The fourth-order valence-corrected chi connectivity index (χ4v) is 1.15. The Bertz CT molecular complexity index is 551. The number of alkyl halides is 9. The van der Waals surface area contributed by atoms with Gasteiger partial charge in [-0.05, 0) is 0 Å². The van der Waals surface area contributed by atoms with E-state index < -0.39 is 33.4 Å². The number of hydrogen-bond donors (Lipinski definition) is 1. The predicted octanol–water partition coefficient (Wildman–Crippen LogP) is 1.18. The molecule has 6 nitrogen and oxygen atoms in total. The molecule has 1 rings (SSSR count). The molecule has 0 spiro atoms. The first-order chi connectivity index (χ1) is 9.50. The van der Waals surface area contributed by atoms with E-state index in [1.165, 1.54) is 0 Å². The Morgan fingerprint density at radius 2 is 1.41 bits per heavy atom. The summed E-state index contributed by atoms with van der Waals surface area (Å²) in [7, 11) is -7.42. The summed E-state index contributed by atoms with van der Waals surface area (Å²) in [5.41, 5.74) is 0. The van der Waals surface area contributed by atoms with Crippen molar-refractivity contribution in [3.8, 4) is 0 Å². The van der Waals surface area contributed by atoms with E-state index in [0.29, 0.717) is 0 Å². The molecule has 0 saturated carbocycles. The van der Waals surface area contributed by atoms with E-state index in [0.717, 1.165) is 0 Å². The molecule has 0 fully saturated rings. The molecule has 16 heteroatoms. The number of hydrogen-bond acceptors (Lipinski definition) is 4. The molecule has 2 N–H and O–H groups in total. The van der Waals surface area contributed by atoms with Crippen LogP contribution in [0.15, 0.2) is 12.7 Å². The first-order valence-electron chi connectivity index (χ1n) is 4.50. The second-order valence-corrected chi connectivity index (χ2v) is 4.74. The number of rotatable bonds is 3. The van der Waals surface area contributed by atoms with Crippen LogP contribution in [-0.4, -0.2) is 46.4 Å². The summed E-state index contributed by atoms with van der Waals surface area (Å²) in [5, 5.41) is -1.01. The minimum atomic E-state index is -7.43. The summed E-state index contributed by atoms with van der Waals surface area (Å²) >= 11 is 0. The van der Waals surface area contributed by atoms with Crippen molar-refractivity contribution in [1.29, 1.82) is 0 Å². The summed E-state index contributed by atoms with van der Waals surface area (Å²) in [6.45, 7) is 0. The van der Waals surface area contributed by atoms with E-state index in [-0.39, 0.29) is 0 Å². The largest absolute Gasteiger partial charge is 0.743 e. The van der Waals surface area contributed by atoms with Gasteiger partial charge in [-0.15, -0.1) is 5.10 Å². The van der Waals surface area contributed by atoms with Gasteiger partial charge < -0.3 is 4.55 Å². The van der Waals surface area contributed by atoms with Crippen molar-refractivity contribution in [2.24, 2.45) is 0 Å². The highest BCUT2D eigenvalue weighted by molar-refractivity contribution is 7.86. The summed E-state index contributed by atoms with van der Waals surface area (Å²) < 4.78 is 135. The first-order valence-corrected chi connectivity index (χ1v) is 5.91. The second-order valence-electron chi connectivity index (χ2n) is 3.32. The summed E-state index contributed by atoms with van der Waals surface area (Å²) in [6, 6.07) is 0. The lowest BCUT2D eigenvalue weighted by Crippen LogP contribution is -2.63. The highest BCUT2D eigenvalue weighted by atomic mass is 32.2. The van der Waals surface area contributed by atoms with Gasteiger partial charge >= 0.3 is 23.3 Å². The number of halogens is 9. The summed E-state index contributed by atoms with van der Waals surface area (Å²) in [4.78, 5) is 2.69. The van der Waals surface area contributed by atoms with Crippen LogP contribution in [-0.2, 0) is 10.1 Å². The highest BCUT2D eigenvalue weighted by Gasteiger charge is 2.83. The molecule has 0 radical (unpaired) electrons. The molecule has 130 valence electrons. The molecule has 1 aromatic heterocycles. The van der Waals surface area contributed by atoms with Crippen molar-refractivity contribution >= 4 is 10.1 Å². The zero-order valence-corrected chi connectivity index (χ0v) is 10.5. The van der Waals surface area contributed by atoms with Crippen molar-refractivity contribution < 1.29 is 57.5 Å². The molecule has 22 heavy (non-hydrogen) atoms. The fraction of sp³-hybridized carbons (Fsp3) is 0.667. The third-order valence-corrected chi connectivity index (χ3v) is 2.68. The maximum Gasteiger partial charge on any atom is 0.460 e. The molecule has 1 aromatic rings. The van der Waals surface area contributed by atoms with Crippen molar-refractivity contribution in [1.82, 2.24) is 10.2 Å². The highest BCUT2D eigenvalue weighted by Crippen LogP contribution is 2.54. The van der Waals surface area contributed by atoms with Gasteiger partial charge in [0.1, 0.15) is 0 Å². The lowest BCUT2D eigenvalue weighted by atomic mass is 10.1. The van der Waals surface area contributed by atoms with Crippen molar-refractivity contribution in [2.75, 3.05) is 0 Å². The Labute approximate surface area is 115 Å². The molecule has 0 bridgehead atoms. The Balaban J connectivity index is 0.000000734. The Morgan fingerprint density at radius 3 is 1.59 bits per heavy atom. The SMILES string of the molecule is O=S(=O)([O-])C(F)(F)C(F)(F)C(F)(F)C(F)(F)F.c1n[nH]c[nH+]1. The lowest BCUT2D eigenvalue weighted by molar-refractivity contribution is -0.382. The van der Waals surface area contributed by atoms with Crippen LogP contribution < -0.4 is 4.98 Å². The maximum atomic E-state index is 12.2. The average molecular weight is 369 g/mol. The summed E-state index contributed by atoms with van der Waals surface area (Å²) in [5.74, 6) is -14.8. The van der Waals surface area contributed by atoms with Crippen LogP contribution in [0, 0.1) is 0 Å². The van der Waals surface area contributed by atoms with Crippen LogP contribution in [0.3, 0.4) is 0 Å². The lowest BCUT2D eigenvalue weighted by Gasteiger charge is -2.34. The van der Waals surface area contributed by atoms with Crippen LogP contribution in [0.25, 0.3) is 0 Å². The number of H-pyrrole nitrogens is 2. The van der Waals surface area contributed by atoms with Crippen molar-refractivity contribution in [2.45, 2.75) is 23.3 Å². The van der Waals surface area contributed by atoms with Gasteiger partial charge in [-0.2, -0.15) is 39.5 Å². The van der Waals surface area contributed by atoms with Crippen molar-refractivity contribution in [3.05, 3.63) is 12.7 Å². The standard InChI is InChI=1S/C4HF9O3S.C2H3N3/c5-1(6,3(9,10)11)2(7,8)4(12,13)17(14,15)16;1-3-2-5-4-1/h(H,14,15,16);1-2H,(H,3,4,5). The van der Waals surface area contributed by atoms with Crippen LogP contribution in [0.5, 0.6) is 0 Å². The van der Waals surface area contributed by atoms with Gasteiger partial charge in [-0.1, -0.05) is 0 Å². The van der Waals surface area contributed by atoms with Gasteiger partial charge in [0, 0.05) is 5.10 Å². The van der Waals surface area contributed by atoms with Crippen LogP contribution in [0.2, 0.25) is 0 Å². The predicted molar refractivity (Wildman–Crippen MR) is 45.7 cm³/mol. The third-order valence-electron chi connectivity index (χ3n) is 1.79. The zero-order chi connectivity index (χ0) is 18.0. The number of nitrogens with zero attached hydrogens (tertiary/aromatic N) is 1. The third kappa shape index (κ3) is 3.60. The molecule has 1 heterocycles.